The number of hydrogen-bond donors (Lipinski definition) is 2. The topological polar surface area (TPSA) is 140 Å². The Morgan fingerprint density at radius 2 is 1.76 bits per heavy atom. The number of carbonyl (C=O) groups excluding carboxylic acids is 5. The van der Waals surface area contributed by atoms with Crippen molar-refractivity contribution < 1.29 is 38.2 Å². The van der Waals surface area contributed by atoms with Crippen LogP contribution in [0.3, 0.4) is 0 Å². The Hall–Kier alpha value is -4.72. The van der Waals surface area contributed by atoms with E-state index in [9.17, 15) is 24.0 Å². The minimum Gasteiger partial charge on any atom is -0.490 e. The third-order valence-corrected chi connectivity index (χ3v) is 6.74. The first-order valence-corrected chi connectivity index (χ1v) is 13.7. The lowest BCUT2D eigenvalue weighted by Gasteiger charge is -2.26. The Kier molecular flexibility index (Phi) is 9.57. The number of urea groups is 1. The summed E-state index contributed by atoms with van der Waals surface area (Å²) >= 11 is 2.01. The van der Waals surface area contributed by atoms with Gasteiger partial charge in [-0.2, -0.15) is 0 Å². The summed E-state index contributed by atoms with van der Waals surface area (Å²) in [6.45, 7) is 3.70. The van der Waals surface area contributed by atoms with Gasteiger partial charge in [-0.25, -0.2) is 14.5 Å². The number of esters is 1. The quantitative estimate of drug-likeness (QED) is 0.146. The van der Waals surface area contributed by atoms with E-state index in [0.29, 0.717) is 26.3 Å². The van der Waals surface area contributed by atoms with Crippen molar-refractivity contribution in [3.8, 4) is 11.5 Å². The van der Waals surface area contributed by atoms with E-state index in [0.717, 1.165) is 10.5 Å². The third kappa shape index (κ3) is 6.94. The molecule has 42 heavy (non-hydrogen) atoms. The van der Waals surface area contributed by atoms with Crippen molar-refractivity contribution in [1.29, 1.82) is 0 Å². The van der Waals surface area contributed by atoms with Crippen LogP contribution in [0.25, 0.3) is 6.08 Å². The molecule has 0 atom stereocenters. The number of halogens is 1. The second-order valence-corrected chi connectivity index (χ2v) is 10.1. The number of rotatable bonds is 9. The van der Waals surface area contributed by atoms with Crippen molar-refractivity contribution in [2.45, 2.75) is 13.8 Å². The number of benzene rings is 3. The van der Waals surface area contributed by atoms with E-state index in [1.807, 2.05) is 47.7 Å². The van der Waals surface area contributed by atoms with Gasteiger partial charge in [0.1, 0.15) is 5.57 Å². The molecule has 12 heteroatoms. The summed E-state index contributed by atoms with van der Waals surface area (Å²) in [4.78, 5) is 63.6. The first-order valence-electron chi connectivity index (χ1n) is 12.7. The fourth-order valence-electron chi connectivity index (χ4n) is 4.05. The zero-order chi connectivity index (χ0) is 30.4. The van der Waals surface area contributed by atoms with E-state index in [2.05, 4.69) is 15.4 Å². The summed E-state index contributed by atoms with van der Waals surface area (Å²) in [6, 6.07) is 15.3. The van der Waals surface area contributed by atoms with Crippen LogP contribution >= 0.6 is 22.6 Å². The lowest BCUT2D eigenvalue weighted by molar-refractivity contribution is -0.122. The molecular formula is C30H26IN3O8. The predicted molar refractivity (Wildman–Crippen MR) is 162 cm³/mol. The molecule has 0 unspecified atom stereocenters. The molecule has 1 aliphatic heterocycles. The monoisotopic (exact) mass is 683 g/mol. The van der Waals surface area contributed by atoms with Gasteiger partial charge < -0.3 is 19.5 Å². The molecule has 3 aromatic carbocycles. The highest BCUT2D eigenvalue weighted by molar-refractivity contribution is 14.1. The maximum Gasteiger partial charge on any atom is 0.337 e. The largest absolute Gasteiger partial charge is 0.490 e. The Balaban J connectivity index is 1.57. The minimum atomic E-state index is -0.926. The number of aryl methyl sites for hydroxylation is 1. The Morgan fingerprint density at radius 1 is 1.02 bits per heavy atom. The highest BCUT2D eigenvalue weighted by Crippen LogP contribution is 2.35. The molecule has 1 aliphatic rings. The molecular weight excluding hydrogens is 657 g/mol. The number of imide groups is 2. The normalized spacial score (nSPS) is 14.0. The van der Waals surface area contributed by atoms with E-state index in [-0.39, 0.29) is 35.9 Å². The van der Waals surface area contributed by atoms with E-state index in [4.69, 9.17) is 9.47 Å². The van der Waals surface area contributed by atoms with Crippen LogP contribution in [0.5, 0.6) is 11.5 Å². The van der Waals surface area contributed by atoms with E-state index in [1.165, 1.54) is 37.5 Å². The van der Waals surface area contributed by atoms with Gasteiger partial charge in [0.2, 0.25) is 0 Å². The van der Waals surface area contributed by atoms with Crippen molar-refractivity contribution in [2.75, 3.05) is 30.5 Å². The van der Waals surface area contributed by atoms with Crippen molar-refractivity contribution in [2.24, 2.45) is 0 Å². The van der Waals surface area contributed by atoms with E-state index in [1.54, 1.807) is 25.1 Å². The zero-order valence-electron chi connectivity index (χ0n) is 22.9. The van der Waals surface area contributed by atoms with Gasteiger partial charge in [0.25, 0.3) is 17.7 Å². The number of carbonyl (C=O) groups is 5. The molecule has 0 radical (unpaired) electrons. The number of ether oxygens (including phenoxy) is 3. The van der Waals surface area contributed by atoms with Crippen LogP contribution in [0.4, 0.5) is 16.2 Å². The molecule has 11 nitrogen and oxygen atoms in total. The molecule has 0 aliphatic carbocycles. The summed E-state index contributed by atoms with van der Waals surface area (Å²) in [7, 11) is 1.24. The van der Waals surface area contributed by atoms with Crippen LogP contribution in [-0.4, -0.2) is 50.0 Å². The van der Waals surface area contributed by atoms with Crippen LogP contribution in [-0.2, 0) is 19.1 Å². The minimum absolute atomic E-state index is 0.154. The molecule has 5 amide bonds. The van der Waals surface area contributed by atoms with Crippen LogP contribution < -0.4 is 25.0 Å². The standard InChI is InChI=1S/C30H26IN3O8/c1-4-41-24-15-18(14-23(31)26(24)42-16-25(35)32-20-7-5-6-17(2)12-20)13-22-27(36)33-30(39)34(28(22)37)21-10-8-19(9-11-21)29(38)40-3/h5-15H,4,16H2,1-3H3,(H,32,35)(H,33,36,39)/b22-13+. The number of nitrogens with zero attached hydrogens (tertiary/aromatic N) is 1. The van der Waals surface area contributed by atoms with Gasteiger partial charge in [-0.3, -0.25) is 19.7 Å². The molecule has 0 bridgehead atoms. The Labute approximate surface area is 254 Å². The van der Waals surface area contributed by atoms with Crippen molar-refractivity contribution >= 4 is 69.8 Å². The van der Waals surface area contributed by atoms with Gasteiger partial charge in [0.05, 0.1) is 28.5 Å². The summed E-state index contributed by atoms with van der Waals surface area (Å²) in [5.74, 6) is -2.04. The number of hydrogen-bond acceptors (Lipinski definition) is 8. The summed E-state index contributed by atoms with van der Waals surface area (Å²) in [5, 5.41) is 4.94. The first-order chi connectivity index (χ1) is 20.1. The van der Waals surface area contributed by atoms with Gasteiger partial charge in [0, 0.05) is 5.69 Å². The van der Waals surface area contributed by atoms with Gasteiger partial charge in [0.15, 0.2) is 18.1 Å². The van der Waals surface area contributed by atoms with Crippen LogP contribution in [0.15, 0.2) is 66.2 Å². The lowest BCUT2D eigenvalue weighted by Crippen LogP contribution is -2.54. The number of amides is 5. The summed E-state index contributed by atoms with van der Waals surface area (Å²) < 4.78 is 16.8. The second-order valence-electron chi connectivity index (χ2n) is 8.97. The molecule has 1 heterocycles. The Morgan fingerprint density at radius 3 is 2.43 bits per heavy atom. The molecule has 0 saturated carbocycles. The third-order valence-electron chi connectivity index (χ3n) is 5.94. The molecule has 1 saturated heterocycles. The second kappa shape index (κ2) is 13.3. The van der Waals surface area contributed by atoms with E-state index >= 15 is 0 Å². The fraction of sp³-hybridized carbons (Fsp3) is 0.167. The lowest BCUT2D eigenvalue weighted by atomic mass is 10.1. The van der Waals surface area contributed by atoms with Crippen LogP contribution in [0.2, 0.25) is 0 Å². The molecule has 4 rings (SSSR count). The fourth-order valence-corrected chi connectivity index (χ4v) is 4.84. The first kappa shape index (κ1) is 30.2. The smallest absolute Gasteiger partial charge is 0.337 e. The average Bonchev–Trinajstić information content (AvgIpc) is 2.95. The zero-order valence-corrected chi connectivity index (χ0v) is 25.0. The number of barbiturate groups is 1. The molecule has 1 fully saturated rings. The molecule has 216 valence electrons. The molecule has 0 spiro atoms. The molecule has 3 aromatic rings. The van der Waals surface area contributed by atoms with Crippen molar-refractivity contribution in [1.82, 2.24) is 5.32 Å². The predicted octanol–water partition coefficient (Wildman–Crippen LogP) is 4.47. The summed E-state index contributed by atoms with van der Waals surface area (Å²) in [5.41, 5.74) is 2.16. The van der Waals surface area contributed by atoms with Gasteiger partial charge in [-0.15, -0.1) is 0 Å². The average molecular weight is 683 g/mol. The van der Waals surface area contributed by atoms with Crippen LogP contribution in [0.1, 0.15) is 28.4 Å². The van der Waals surface area contributed by atoms with Gasteiger partial charge in [-0.1, -0.05) is 12.1 Å². The Bertz CT molecular complexity index is 1600. The highest BCUT2D eigenvalue weighted by atomic mass is 127. The van der Waals surface area contributed by atoms with Gasteiger partial charge >= 0.3 is 12.0 Å². The SMILES string of the molecule is CCOc1cc(/C=C2\C(=O)NC(=O)N(c3ccc(C(=O)OC)cc3)C2=O)cc(I)c1OCC(=O)Nc1cccc(C)c1. The highest BCUT2D eigenvalue weighted by Gasteiger charge is 2.37. The maximum absolute atomic E-state index is 13.3. The summed E-state index contributed by atoms with van der Waals surface area (Å²) in [6.07, 6.45) is 1.33. The molecule has 0 aromatic heterocycles. The maximum atomic E-state index is 13.3. The van der Waals surface area contributed by atoms with Gasteiger partial charge in [-0.05, 0) is 102 Å². The number of anilines is 2. The van der Waals surface area contributed by atoms with Crippen molar-refractivity contribution in [3.63, 3.8) is 0 Å². The number of nitrogens with one attached hydrogen (secondary N) is 2. The van der Waals surface area contributed by atoms with E-state index < -0.39 is 23.8 Å². The van der Waals surface area contributed by atoms with Crippen LogP contribution in [0, 0.1) is 10.5 Å². The molecule has 2 N–H and O–H groups in total. The van der Waals surface area contributed by atoms with Crippen molar-refractivity contribution in [3.05, 3.63) is 86.5 Å². The number of methoxy groups -OCH3 is 1.